The Bertz CT molecular complexity index is 874. The number of hydrazine groups is 2. The van der Waals surface area contributed by atoms with Crippen molar-refractivity contribution in [1.82, 2.24) is 21.4 Å². The summed E-state index contributed by atoms with van der Waals surface area (Å²) in [7, 11) is -3.94. The molecule has 0 saturated carbocycles. The van der Waals surface area contributed by atoms with Crippen LogP contribution in [-0.4, -0.2) is 44.6 Å². The van der Waals surface area contributed by atoms with Crippen molar-refractivity contribution in [1.29, 1.82) is 0 Å². The van der Waals surface area contributed by atoms with Crippen molar-refractivity contribution in [3.8, 4) is 11.8 Å². The van der Waals surface area contributed by atoms with Crippen LogP contribution in [0.1, 0.15) is 24.0 Å². The van der Waals surface area contributed by atoms with Gasteiger partial charge in [-0.2, -0.15) is 0 Å². The van der Waals surface area contributed by atoms with E-state index in [0.29, 0.717) is 43.6 Å². The number of Topliss-reactive ketones (excluding diaryl/α,β-unsaturated/α-hetero) is 1. The molecule has 1 aromatic carbocycles. The van der Waals surface area contributed by atoms with E-state index >= 15 is 0 Å². The van der Waals surface area contributed by atoms with Gasteiger partial charge in [0.15, 0.2) is 5.84 Å². The molecular weight excluding hydrogens is 344 g/mol. The molecule has 0 radical (unpaired) electrons. The standard InChI is InChI=1S/C15H18N6O3S/c16-25(23,24)13-5-1-3-11(14(13)15-17-19-20-18-15)4-2-8-21-9-6-12(22)7-10-21/h1,3,5,19-20H,6-10H2,(H,17,18)(H2,16,23,24). The topological polar surface area (TPSA) is 129 Å². The first-order valence-corrected chi connectivity index (χ1v) is 9.22. The zero-order chi connectivity index (χ0) is 17.9. The van der Waals surface area contributed by atoms with Crippen LogP contribution in [0.4, 0.5) is 0 Å². The van der Waals surface area contributed by atoms with E-state index in [2.05, 4.69) is 38.3 Å². The molecule has 0 aromatic heterocycles. The molecule has 0 unspecified atom stereocenters. The molecule has 3 rings (SSSR count). The number of benzene rings is 1. The smallest absolute Gasteiger partial charge is 0.238 e. The quantitative estimate of drug-likeness (QED) is 0.488. The number of amidine groups is 1. The number of primary sulfonamides is 1. The number of piperidine rings is 1. The second kappa shape index (κ2) is 7.20. The third-order valence-electron chi connectivity index (χ3n) is 3.91. The van der Waals surface area contributed by atoms with Crippen LogP contribution in [0.2, 0.25) is 0 Å². The van der Waals surface area contributed by atoms with Crippen LogP contribution in [0.15, 0.2) is 28.2 Å². The van der Waals surface area contributed by atoms with Crippen molar-refractivity contribution in [2.45, 2.75) is 17.7 Å². The first-order chi connectivity index (χ1) is 11.9. The lowest BCUT2D eigenvalue weighted by Crippen LogP contribution is -2.36. The molecular formula is C15H18N6O3S. The molecule has 25 heavy (non-hydrogen) atoms. The third-order valence-corrected chi connectivity index (χ3v) is 4.87. The summed E-state index contributed by atoms with van der Waals surface area (Å²) in [6.45, 7) is 1.89. The number of hydrazone groups is 1. The van der Waals surface area contributed by atoms with E-state index in [-0.39, 0.29) is 16.5 Å². The van der Waals surface area contributed by atoms with Crippen molar-refractivity contribution < 1.29 is 13.2 Å². The molecule has 9 nitrogen and oxygen atoms in total. The number of sulfonamides is 1. The van der Waals surface area contributed by atoms with Crippen molar-refractivity contribution in [3.63, 3.8) is 0 Å². The lowest BCUT2D eigenvalue weighted by atomic mass is 10.1. The van der Waals surface area contributed by atoms with Gasteiger partial charge in [-0.3, -0.25) is 15.1 Å². The Morgan fingerprint density at radius 3 is 2.68 bits per heavy atom. The molecule has 1 fully saturated rings. The van der Waals surface area contributed by atoms with Gasteiger partial charge in [0.1, 0.15) is 5.78 Å². The van der Waals surface area contributed by atoms with E-state index in [1.807, 2.05) is 0 Å². The fourth-order valence-corrected chi connectivity index (χ4v) is 3.40. The molecule has 0 amide bonds. The van der Waals surface area contributed by atoms with Gasteiger partial charge < -0.3 is 0 Å². The summed E-state index contributed by atoms with van der Waals surface area (Å²) in [5, 5.41) is 9.27. The highest BCUT2D eigenvalue weighted by atomic mass is 32.2. The number of hydrogen-bond donors (Lipinski definition) is 4. The Hall–Kier alpha value is -2.45. The highest BCUT2D eigenvalue weighted by molar-refractivity contribution is 7.89. The van der Waals surface area contributed by atoms with Crippen LogP contribution < -0.4 is 21.6 Å². The summed E-state index contributed by atoms with van der Waals surface area (Å²) in [5.41, 5.74) is 8.58. The number of hydrogen-bond acceptors (Lipinski definition) is 8. The molecule has 10 heteroatoms. The fourth-order valence-electron chi connectivity index (χ4n) is 2.64. The zero-order valence-electron chi connectivity index (χ0n) is 13.4. The zero-order valence-corrected chi connectivity index (χ0v) is 14.2. The summed E-state index contributed by atoms with van der Waals surface area (Å²) in [6.07, 6.45) is 1.10. The number of carbonyl (C=O) groups excluding carboxylic acids is 1. The molecule has 1 saturated heterocycles. The largest absolute Gasteiger partial charge is 0.300 e. The average molecular weight is 362 g/mol. The molecule has 0 bridgehead atoms. The molecule has 1 aromatic rings. The van der Waals surface area contributed by atoms with Crippen molar-refractivity contribution in [3.05, 3.63) is 29.3 Å². The maximum Gasteiger partial charge on any atom is 0.238 e. The minimum Gasteiger partial charge on any atom is -0.300 e. The minimum atomic E-state index is -3.94. The maximum atomic E-state index is 11.9. The molecule has 0 aliphatic carbocycles. The van der Waals surface area contributed by atoms with Crippen molar-refractivity contribution in [2.24, 2.45) is 10.2 Å². The van der Waals surface area contributed by atoms with Crippen LogP contribution in [0.3, 0.4) is 0 Å². The molecule has 2 aliphatic heterocycles. The van der Waals surface area contributed by atoms with E-state index < -0.39 is 10.0 Å². The third kappa shape index (κ3) is 4.15. The Balaban J connectivity index is 1.89. The Kier molecular flexibility index (Phi) is 5.00. The van der Waals surface area contributed by atoms with Gasteiger partial charge >= 0.3 is 0 Å². The fraction of sp³-hybridized carbons (Fsp3) is 0.333. The van der Waals surface area contributed by atoms with Gasteiger partial charge in [-0.25, -0.2) is 19.1 Å². The number of likely N-dealkylation sites (tertiary alicyclic amines) is 1. The monoisotopic (exact) mass is 362 g/mol. The summed E-state index contributed by atoms with van der Waals surface area (Å²) < 4.78 is 23.8. The van der Waals surface area contributed by atoms with Gasteiger partial charge in [-0.1, -0.05) is 17.9 Å². The van der Waals surface area contributed by atoms with Crippen LogP contribution in [-0.2, 0) is 14.8 Å². The molecule has 5 N–H and O–H groups in total. The number of nitrogens with zero attached hydrogens (tertiary/aromatic N) is 2. The maximum absolute atomic E-state index is 11.9. The van der Waals surface area contributed by atoms with Crippen molar-refractivity contribution in [2.75, 3.05) is 19.6 Å². The molecule has 2 aliphatic rings. The molecule has 0 spiro atoms. The van der Waals surface area contributed by atoms with Crippen molar-refractivity contribution >= 4 is 21.6 Å². The molecule has 132 valence electrons. The lowest BCUT2D eigenvalue weighted by molar-refractivity contribution is -0.121. The Labute approximate surface area is 145 Å². The SMILES string of the molecule is NS(=O)(=O)c1cccc(C#CCN2CCC(=O)CC2)c1C1=NNNN1. The Morgan fingerprint density at radius 1 is 1.28 bits per heavy atom. The highest BCUT2D eigenvalue weighted by Gasteiger charge is 2.22. The van der Waals surface area contributed by atoms with E-state index in [0.717, 1.165) is 0 Å². The number of rotatable bonds is 3. The van der Waals surface area contributed by atoms with E-state index in [9.17, 15) is 13.2 Å². The van der Waals surface area contributed by atoms with Gasteiger partial charge in [0, 0.05) is 31.5 Å². The van der Waals surface area contributed by atoms with Gasteiger partial charge in [0.05, 0.1) is 17.0 Å². The van der Waals surface area contributed by atoms with Crippen LogP contribution in [0.5, 0.6) is 0 Å². The average Bonchev–Trinajstić information content (AvgIpc) is 3.10. The lowest BCUT2D eigenvalue weighted by Gasteiger charge is -2.23. The number of carbonyl (C=O) groups is 1. The summed E-state index contributed by atoms with van der Waals surface area (Å²) in [5.74, 6) is 6.59. The van der Waals surface area contributed by atoms with Crippen LogP contribution in [0.25, 0.3) is 0 Å². The number of nitrogens with two attached hydrogens (primary N) is 1. The summed E-state index contributed by atoms with van der Waals surface area (Å²) >= 11 is 0. The van der Waals surface area contributed by atoms with Gasteiger partial charge in [-0.05, 0) is 12.1 Å². The van der Waals surface area contributed by atoms with Gasteiger partial charge in [0.2, 0.25) is 10.0 Å². The highest BCUT2D eigenvalue weighted by Crippen LogP contribution is 2.19. The normalized spacial score (nSPS) is 18.0. The predicted molar refractivity (Wildman–Crippen MR) is 91.3 cm³/mol. The first-order valence-electron chi connectivity index (χ1n) is 7.68. The first kappa shape index (κ1) is 17.4. The van der Waals surface area contributed by atoms with Crippen LogP contribution >= 0.6 is 0 Å². The second-order valence-electron chi connectivity index (χ2n) is 5.66. The van der Waals surface area contributed by atoms with E-state index in [1.165, 1.54) is 6.07 Å². The predicted octanol–water partition coefficient (Wildman–Crippen LogP) is -1.38. The summed E-state index contributed by atoms with van der Waals surface area (Å²) in [6, 6.07) is 4.71. The van der Waals surface area contributed by atoms with Gasteiger partial charge in [-0.15, -0.1) is 10.6 Å². The number of ketones is 1. The minimum absolute atomic E-state index is 0.0559. The van der Waals surface area contributed by atoms with Gasteiger partial charge in [0.25, 0.3) is 0 Å². The Morgan fingerprint density at radius 2 is 2.04 bits per heavy atom. The number of nitrogens with one attached hydrogen (secondary N) is 3. The van der Waals surface area contributed by atoms with Crippen LogP contribution in [0, 0.1) is 11.8 Å². The second-order valence-corrected chi connectivity index (χ2v) is 7.19. The summed E-state index contributed by atoms with van der Waals surface area (Å²) in [4.78, 5) is 13.3. The van der Waals surface area contributed by atoms with E-state index in [4.69, 9.17) is 5.14 Å². The molecule has 0 atom stereocenters. The van der Waals surface area contributed by atoms with E-state index in [1.54, 1.807) is 12.1 Å². The molecule has 2 heterocycles.